The molecule has 1 rings (SSSR count). The van der Waals surface area contributed by atoms with Gasteiger partial charge in [0.15, 0.2) is 5.96 Å². The molecule has 20 heavy (non-hydrogen) atoms. The predicted molar refractivity (Wildman–Crippen MR) is 84.4 cm³/mol. The van der Waals surface area contributed by atoms with Crippen LogP contribution in [-0.4, -0.2) is 75.2 Å². The molecule has 0 bridgehead atoms. The first-order valence-electron chi connectivity index (χ1n) is 6.96. The molecule has 1 saturated heterocycles. The van der Waals surface area contributed by atoms with E-state index in [0.717, 1.165) is 38.3 Å². The van der Waals surface area contributed by atoms with Gasteiger partial charge in [0.2, 0.25) is 5.91 Å². The zero-order valence-corrected chi connectivity index (χ0v) is 13.5. The maximum atomic E-state index is 11.6. The van der Waals surface area contributed by atoms with Gasteiger partial charge in [-0.25, -0.2) is 4.99 Å². The van der Waals surface area contributed by atoms with Crippen molar-refractivity contribution in [1.29, 1.82) is 0 Å². The molecule has 0 aromatic heterocycles. The highest BCUT2D eigenvalue weighted by atomic mass is 32.2. The van der Waals surface area contributed by atoms with E-state index in [4.69, 9.17) is 4.74 Å². The number of rotatable bonds is 7. The second-order valence-electron chi connectivity index (χ2n) is 4.89. The smallest absolute Gasteiger partial charge is 0.243 e. The number of hydrogen-bond acceptors (Lipinski definition) is 4. The van der Waals surface area contributed by atoms with Crippen LogP contribution in [-0.2, 0) is 9.53 Å². The topological polar surface area (TPSA) is 66.0 Å². The van der Waals surface area contributed by atoms with Gasteiger partial charge in [0, 0.05) is 39.5 Å². The quantitative estimate of drug-likeness (QED) is 0.398. The summed E-state index contributed by atoms with van der Waals surface area (Å²) in [5, 5.41) is 6.48. The van der Waals surface area contributed by atoms with Crippen LogP contribution >= 0.6 is 11.8 Å². The number of hydrogen-bond donors (Lipinski definition) is 2. The van der Waals surface area contributed by atoms with Crippen LogP contribution in [0, 0.1) is 0 Å². The Morgan fingerprint density at radius 1 is 1.45 bits per heavy atom. The lowest BCUT2D eigenvalue weighted by Crippen LogP contribution is -2.42. The lowest BCUT2D eigenvalue weighted by Gasteiger charge is -2.16. The maximum absolute atomic E-state index is 11.6. The van der Waals surface area contributed by atoms with Gasteiger partial charge in [-0.3, -0.25) is 4.79 Å². The van der Waals surface area contributed by atoms with E-state index in [1.54, 1.807) is 30.8 Å². The maximum Gasteiger partial charge on any atom is 0.243 e. The number of nitrogens with zero attached hydrogens (tertiary/aromatic N) is 2. The first kappa shape index (κ1) is 17.1. The summed E-state index contributed by atoms with van der Waals surface area (Å²) in [6.45, 7) is 2.57. The Labute approximate surface area is 125 Å². The van der Waals surface area contributed by atoms with E-state index in [-0.39, 0.29) is 18.6 Å². The minimum absolute atomic E-state index is 0.00640. The van der Waals surface area contributed by atoms with Crippen molar-refractivity contribution in [3.8, 4) is 0 Å². The summed E-state index contributed by atoms with van der Waals surface area (Å²) in [4.78, 5) is 17.4. The second kappa shape index (κ2) is 9.88. The highest BCUT2D eigenvalue weighted by Crippen LogP contribution is 2.10. The van der Waals surface area contributed by atoms with E-state index in [2.05, 4.69) is 21.9 Å². The second-order valence-corrected chi connectivity index (χ2v) is 5.87. The van der Waals surface area contributed by atoms with Crippen LogP contribution in [0.25, 0.3) is 0 Å². The number of aliphatic imine (C=N–C) groups is 1. The van der Waals surface area contributed by atoms with Crippen molar-refractivity contribution in [2.75, 3.05) is 52.3 Å². The number of carbonyl (C=O) groups excluding carboxylic acids is 1. The van der Waals surface area contributed by atoms with Crippen molar-refractivity contribution in [3.63, 3.8) is 0 Å². The van der Waals surface area contributed by atoms with E-state index in [1.165, 1.54) is 0 Å². The lowest BCUT2D eigenvalue weighted by atomic mass is 10.2. The molecule has 1 atom stereocenters. The van der Waals surface area contributed by atoms with Gasteiger partial charge in [-0.15, -0.1) is 0 Å². The Bertz CT molecular complexity index is 317. The molecule has 0 aliphatic carbocycles. The SMILES string of the molecule is CSCCNC(=NCC(=O)N(C)C)NCC1CCCO1. The molecule has 1 amide bonds. The Balaban J connectivity index is 2.40. The molecule has 2 N–H and O–H groups in total. The third-order valence-electron chi connectivity index (χ3n) is 2.99. The fourth-order valence-electron chi connectivity index (χ4n) is 1.75. The molecule has 1 aliphatic rings. The van der Waals surface area contributed by atoms with Crippen LogP contribution in [0.2, 0.25) is 0 Å². The van der Waals surface area contributed by atoms with Gasteiger partial charge in [0.05, 0.1) is 6.10 Å². The molecule has 1 fully saturated rings. The van der Waals surface area contributed by atoms with Crippen molar-refractivity contribution >= 4 is 23.6 Å². The Morgan fingerprint density at radius 3 is 2.85 bits per heavy atom. The van der Waals surface area contributed by atoms with Crippen LogP contribution in [0.1, 0.15) is 12.8 Å². The monoisotopic (exact) mass is 302 g/mol. The van der Waals surface area contributed by atoms with Crippen LogP contribution in [0.3, 0.4) is 0 Å². The van der Waals surface area contributed by atoms with Crippen LogP contribution in [0.4, 0.5) is 0 Å². The highest BCUT2D eigenvalue weighted by molar-refractivity contribution is 7.98. The molecular formula is C13H26N4O2S. The first-order chi connectivity index (χ1) is 9.63. The molecule has 6 nitrogen and oxygen atoms in total. The summed E-state index contributed by atoms with van der Waals surface area (Å²) in [6.07, 6.45) is 4.53. The first-order valence-corrected chi connectivity index (χ1v) is 8.35. The minimum atomic E-state index is -0.00640. The highest BCUT2D eigenvalue weighted by Gasteiger charge is 2.15. The van der Waals surface area contributed by atoms with E-state index in [0.29, 0.717) is 5.96 Å². The summed E-state index contributed by atoms with van der Waals surface area (Å²) in [5.74, 6) is 1.68. The molecule has 1 unspecified atom stereocenters. The number of amides is 1. The molecule has 1 heterocycles. The zero-order chi connectivity index (χ0) is 14.8. The zero-order valence-electron chi connectivity index (χ0n) is 12.6. The number of guanidine groups is 1. The number of ether oxygens (including phenoxy) is 1. The van der Waals surface area contributed by atoms with Crippen molar-refractivity contribution in [3.05, 3.63) is 0 Å². The Hall–Kier alpha value is -0.950. The van der Waals surface area contributed by atoms with Crippen molar-refractivity contribution < 1.29 is 9.53 Å². The minimum Gasteiger partial charge on any atom is -0.376 e. The van der Waals surface area contributed by atoms with Gasteiger partial charge < -0.3 is 20.3 Å². The molecule has 0 spiro atoms. The summed E-state index contributed by atoms with van der Waals surface area (Å²) in [7, 11) is 3.47. The van der Waals surface area contributed by atoms with Gasteiger partial charge in [0.1, 0.15) is 6.54 Å². The number of likely N-dealkylation sites (N-methyl/N-ethyl adjacent to an activating group) is 1. The van der Waals surface area contributed by atoms with E-state index >= 15 is 0 Å². The van der Waals surface area contributed by atoms with Crippen molar-refractivity contribution in [1.82, 2.24) is 15.5 Å². The van der Waals surface area contributed by atoms with Crippen molar-refractivity contribution in [2.45, 2.75) is 18.9 Å². The van der Waals surface area contributed by atoms with Gasteiger partial charge in [-0.05, 0) is 19.1 Å². The average Bonchev–Trinajstić information content (AvgIpc) is 2.94. The number of carbonyl (C=O) groups is 1. The summed E-state index contributed by atoms with van der Waals surface area (Å²) in [6, 6.07) is 0. The number of thioether (sulfide) groups is 1. The van der Waals surface area contributed by atoms with Crippen LogP contribution in [0.5, 0.6) is 0 Å². The predicted octanol–water partition coefficient (Wildman–Crippen LogP) is 0.152. The molecule has 1 aliphatic heterocycles. The van der Waals surface area contributed by atoms with Gasteiger partial charge >= 0.3 is 0 Å². The van der Waals surface area contributed by atoms with Crippen LogP contribution < -0.4 is 10.6 Å². The summed E-state index contributed by atoms with van der Waals surface area (Å²) < 4.78 is 5.57. The molecule has 116 valence electrons. The summed E-state index contributed by atoms with van der Waals surface area (Å²) in [5.41, 5.74) is 0. The molecule has 0 aromatic rings. The standard InChI is InChI=1S/C13H26N4O2S/c1-17(2)12(18)10-16-13(14-6-8-20-3)15-9-11-5-4-7-19-11/h11H,4-10H2,1-3H3,(H2,14,15,16). The molecule has 0 radical (unpaired) electrons. The molecule has 0 aromatic carbocycles. The average molecular weight is 302 g/mol. The fourth-order valence-corrected chi connectivity index (χ4v) is 2.06. The number of nitrogens with one attached hydrogen (secondary N) is 2. The lowest BCUT2D eigenvalue weighted by molar-refractivity contribution is -0.127. The molecule has 7 heteroatoms. The normalized spacial score (nSPS) is 18.9. The third kappa shape index (κ3) is 7.00. The van der Waals surface area contributed by atoms with Crippen molar-refractivity contribution in [2.24, 2.45) is 4.99 Å². The largest absolute Gasteiger partial charge is 0.376 e. The Morgan fingerprint density at radius 2 is 2.25 bits per heavy atom. The third-order valence-corrected chi connectivity index (χ3v) is 3.60. The molecule has 0 saturated carbocycles. The van der Waals surface area contributed by atoms with Gasteiger partial charge in [-0.2, -0.15) is 11.8 Å². The van der Waals surface area contributed by atoms with E-state index in [1.807, 2.05) is 0 Å². The van der Waals surface area contributed by atoms with E-state index in [9.17, 15) is 4.79 Å². The van der Waals surface area contributed by atoms with E-state index < -0.39 is 0 Å². The fraction of sp³-hybridized carbons (Fsp3) is 0.846. The Kier molecular flexibility index (Phi) is 8.45. The molecular weight excluding hydrogens is 276 g/mol. The van der Waals surface area contributed by atoms with Gasteiger partial charge in [-0.1, -0.05) is 0 Å². The summed E-state index contributed by atoms with van der Waals surface area (Å²) >= 11 is 1.77. The van der Waals surface area contributed by atoms with Gasteiger partial charge in [0.25, 0.3) is 0 Å². The van der Waals surface area contributed by atoms with Crippen LogP contribution in [0.15, 0.2) is 4.99 Å².